The van der Waals surface area contributed by atoms with Gasteiger partial charge in [0, 0.05) is 24.2 Å². The zero-order valence-corrected chi connectivity index (χ0v) is 20.1. The maximum atomic E-state index is 13.9. The highest BCUT2D eigenvalue weighted by molar-refractivity contribution is 5.89. The number of carbonyl (C=O) groups is 2. The van der Waals surface area contributed by atoms with Gasteiger partial charge < -0.3 is 10.2 Å². The third-order valence-electron chi connectivity index (χ3n) is 7.51. The van der Waals surface area contributed by atoms with Crippen molar-refractivity contribution in [3.8, 4) is 0 Å². The van der Waals surface area contributed by atoms with Gasteiger partial charge in [0.25, 0.3) is 0 Å². The second-order valence-electron chi connectivity index (χ2n) is 9.84. The van der Waals surface area contributed by atoms with Crippen molar-refractivity contribution < 1.29 is 9.59 Å². The normalized spacial score (nSPS) is 21.0. The fourth-order valence-corrected chi connectivity index (χ4v) is 5.29. The van der Waals surface area contributed by atoms with Crippen LogP contribution in [0.4, 0.5) is 0 Å². The summed E-state index contributed by atoms with van der Waals surface area (Å²) in [4.78, 5) is 28.7. The molecule has 6 heteroatoms. The van der Waals surface area contributed by atoms with Crippen LogP contribution < -0.4 is 5.32 Å². The minimum Gasteiger partial charge on any atom is -0.344 e. The summed E-state index contributed by atoms with van der Waals surface area (Å²) in [7, 11) is 0. The molecular weight excluding hydrogens is 412 g/mol. The van der Waals surface area contributed by atoms with Gasteiger partial charge in [-0.15, -0.1) is 0 Å². The molecule has 1 aromatic heterocycles. The van der Waals surface area contributed by atoms with Gasteiger partial charge in [0.15, 0.2) is 0 Å². The molecule has 2 aliphatic rings. The molecule has 1 saturated heterocycles. The summed E-state index contributed by atoms with van der Waals surface area (Å²) in [5.74, 6) is 0.264. The predicted molar refractivity (Wildman–Crippen MR) is 129 cm³/mol. The third kappa shape index (κ3) is 5.66. The van der Waals surface area contributed by atoms with E-state index in [-0.39, 0.29) is 29.7 Å². The number of aromatic nitrogens is 2. The van der Waals surface area contributed by atoms with Gasteiger partial charge in [0.2, 0.25) is 11.8 Å². The molecule has 4 rings (SSSR count). The lowest BCUT2D eigenvalue weighted by Gasteiger charge is -2.35. The Morgan fingerprint density at radius 1 is 1.09 bits per heavy atom. The van der Waals surface area contributed by atoms with E-state index in [4.69, 9.17) is 0 Å². The number of rotatable bonds is 8. The van der Waals surface area contributed by atoms with E-state index in [0.29, 0.717) is 0 Å². The van der Waals surface area contributed by atoms with Crippen molar-refractivity contribution in [1.29, 1.82) is 0 Å². The van der Waals surface area contributed by atoms with Crippen LogP contribution in [0, 0.1) is 11.8 Å². The van der Waals surface area contributed by atoms with Crippen molar-refractivity contribution in [1.82, 2.24) is 20.0 Å². The first kappa shape index (κ1) is 23.5. The SMILES string of the molecule is CC[C@@H](C)C(=O)N[C@H](C(=O)N1CCC[C@H]1c1cnn(Cc2ccccc2)c1)C1CCCCC1. The fourth-order valence-electron chi connectivity index (χ4n) is 5.29. The molecule has 0 bridgehead atoms. The van der Waals surface area contributed by atoms with Crippen molar-refractivity contribution in [2.24, 2.45) is 11.8 Å². The van der Waals surface area contributed by atoms with E-state index in [1.54, 1.807) is 0 Å². The summed E-state index contributed by atoms with van der Waals surface area (Å²) in [5, 5.41) is 7.75. The maximum Gasteiger partial charge on any atom is 0.245 e. The highest BCUT2D eigenvalue weighted by Crippen LogP contribution is 2.35. The van der Waals surface area contributed by atoms with Gasteiger partial charge in [-0.2, -0.15) is 5.10 Å². The zero-order chi connectivity index (χ0) is 23.2. The van der Waals surface area contributed by atoms with Crippen LogP contribution in [0.5, 0.6) is 0 Å². The lowest BCUT2D eigenvalue weighted by Crippen LogP contribution is -2.53. The highest BCUT2D eigenvalue weighted by Gasteiger charge is 2.39. The van der Waals surface area contributed by atoms with Crippen molar-refractivity contribution in [3.63, 3.8) is 0 Å². The largest absolute Gasteiger partial charge is 0.344 e. The number of carbonyl (C=O) groups excluding carboxylic acids is 2. The van der Waals surface area contributed by atoms with Crippen LogP contribution in [-0.4, -0.2) is 39.1 Å². The molecule has 2 fully saturated rings. The van der Waals surface area contributed by atoms with Crippen LogP contribution in [0.15, 0.2) is 42.7 Å². The van der Waals surface area contributed by atoms with E-state index in [9.17, 15) is 9.59 Å². The minimum absolute atomic E-state index is 0.00727. The Hall–Kier alpha value is -2.63. The monoisotopic (exact) mass is 450 g/mol. The molecular formula is C27H38N4O2. The first-order valence-corrected chi connectivity index (χ1v) is 12.7. The van der Waals surface area contributed by atoms with Gasteiger partial charge >= 0.3 is 0 Å². The molecule has 2 amide bonds. The number of amides is 2. The predicted octanol–water partition coefficient (Wildman–Crippen LogP) is 4.71. The van der Waals surface area contributed by atoms with E-state index in [0.717, 1.165) is 63.6 Å². The number of hydrogen-bond acceptors (Lipinski definition) is 3. The number of hydrogen-bond donors (Lipinski definition) is 1. The van der Waals surface area contributed by atoms with Gasteiger partial charge in [0.05, 0.1) is 18.8 Å². The molecule has 6 nitrogen and oxygen atoms in total. The summed E-state index contributed by atoms with van der Waals surface area (Å²) >= 11 is 0. The van der Waals surface area contributed by atoms with E-state index in [1.807, 2.05) is 47.8 Å². The smallest absolute Gasteiger partial charge is 0.245 e. The second kappa shape index (κ2) is 11.0. The molecule has 3 atom stereocenters. The Morgan fingerprint density at radius 3 is 2.58 bits per heavy atom. The van der Waals surface area contributed by atoms with Crippen LogP contribution in [-0.2, 0) is 16.1 Å². The van der Waals surface area contributed by atoms with Gasteiger partial charge in [0.1, 0.15) is 6.04 Å². The molecule has 1 aliphatic heterocycles. The number of nitrogens with one attached hydrogen (secondary N) is 1. The molecule has 2 aromatic rings. The molecule has 2 heterocycles. The van der Waals surface area contributed by atoms with Crippen molar-refractivity contribution in [3.05, 3.63) is 53.9 Å². The average Bonchev–Trinajstić information content (AvgIpc) is 3.52. The lowest BCUT2D eigenvalue weighted by molar-refractivity contribution is -0.140. The Kier molecular flexibility index (Phi) is 7.84. The first-order valence-electron chi connectivity index (χ1n) is 12.7. The minimum atomic E-state index is -0.410. The topological polar surface area (TPSA) is 67.2 Å². The lowest BCUT2D eigenvalue weighted by atomic mass is 9.83. The molecule has 0 unspecified atom stereocenters. The Bertz CT molecular complexity index is 919. The second-order valence-corrected chi connectivity index (χ2v) is 9.84. The number of benzene rings is 1. The fraction of sp³-hybridized carbons (Fsp3) is 0.593. The Morgan fingerprint density at radius 2 is 1.85 bits per heavy atom. The number of nitrogens with zero attached hydrogens (tertiary/aromatic N) is 3. The molecule has 178 valence electrons. The van der Waals surface area contributed by atoms with E-state index in [2.05, 4.69) is 28.7 Å². The van der Waals surface area contributed by atoms with Gasteiger partial charge in [-0.25, -0.2) is 0 Å². The molecule has 0 spiro atoms. The number of likely N-dealkylation sites (tertiary alicyclic amines) is 1. The van der Waals surface area contributed by atoms with E-state index >= 15 is 0 Å². The quantitative estimate of drug-likeness (QED) is 0.634. The Balaban J connectivity index is 1.50. The van der Waals surface area contributed by atoms with Crippen molar-refractivity contribution in [2.45, 2.75) is 83.8 Å². The molecule has 0 radical (unpaired) electrons. The van der Waals surface area contributed by atoms with Gasteiger partial charge in [-0.1, -0.05) is 63.4 Å². The van der Waals surface area contributed by atoms with E-state index < -0.39 is 6.04 Å². The molecule has 33 heavy (non-hydrogen) atoms. The van der Waals surface area contributed by atoms with Crippen molar-refractivity contribution >= 4 is 11.8 Å². The summed E-state index contributed by atoms with van der Waals surface area (Å²) in [5.41, 5.74) is 2.30. The average molecular weight is 451 g/mol. The maximum absolute atomic E-state index is 13.9. The van der Waals surface area contributed by atoms with Crippen LogP contribution in [0.25, 0.3) is 0 Å². The first-order chi connectivity index (χ1) is 16.1. The van der Waals surface area contributed by atoms with Crippen LogP contribution >= 0.6 is 0 Å². The summed E-state index contributed by atoms with van der Waals surface area (Å²) in [6.07, 6.45) is 12.2. The summed E-state index contributed by atoms with van der Waals surface area (Å²) in [6, 6.07) is 9.92. The third-order valence-corrected chi connectivity index (χ3v) is 7.51. The van der Waals surface area contributed by atoms with Crippen LogP contribution in [0.1, 0.15) is 82.4 Å². The summed E-state index contributed by atoms with van der Waals surface area (Å²) < 4.78 is 1.95. The summed E-state index contributed by atoms with van der Waals surface area (Å²) in [6.45, 7) is 5.43. The van der Waals surface area contributed by atoms with Crippen molar-refractivity contribution in [2.75, 3.05) is 6.54 Å². The molecule has 1 saturated carbocycles. The van der Waals surface area contributed by atoms with E-state index in [1.165, 1.54) is 12.0 Å². The molecule has 1 N–H and O–H groups in total. The molecule has 1 aromatic carbocycles. The van der Waals surface area contributed by atoms with Gasteiger partial charge in [-0.3, -0.25) is 14.3 Å². The van der Waals surface area contributed by atoms with Gasteiger partial charge in [-0.05, 0) is 43.6 Å². The van der Waals surface area contributed by atoms with Crippen LogP contribution in [0.3, 0.4) is 0 Å². The highest BCUT2D eigenvalue weighted by atomic mass is 16.2. The standard InChI is InChI=1S/C27H38N4O2/c1-3-20(2)26(32)29-25(22-13-8-5-9-14-22)27(33)31-16-10-15-24(31)23-17-28-30(19-23)18-21-11-6-4-7-12-21/h4,6-7,11-12,17,19-20,22,24-25H,3,5,8-10,13-16,18H2,1-2H3,(H,29,32)/t20-,24+,25+/m1/s1. The zero-order valence-electron chi connectivity index (χ0n) is 20.1. The molecule has 1 aliphatic carbocycles. The Labute approximate surface area is 197 Å². The van der Waals surface area contributed by atoms with Crippen LogP contribution in [0.2, 0.25) is 0 Å².